The first kappa shape index (κ1) is 21.8. The molecule has 5 heteroatoms. The molecule has 1 N–H and O–H groups in total. The van der Waals surface area contributed by atoms with Gasteiger partial charge >= 0.3 is 0 Å². The summed E-state index contributed by atoms with van der Waals surface area (Å²) in [5, 5.41) is 3.98. The van der Waals surface area contributed by atoms with Gasteiger partial charge in [-0.05, 0) is 60.4 Å². The van der Waals surface area contributed by atoms with Gasteiger partial charge in [-0.1, -0.05) is 54.1 Å². The van der Waals surface area contributed by atoms with Gasteiger partial charge in [-0.2, -0.15) is 5.10 Å². The second-order valence-electron chi connectivity index (χ2n) is 7.03. The average Bonchev–Trinajstić information content (AvgIpc) is 2.79. The van der Waals surface area contributed by atoms with Crippen LogP contribution in [0.1, 0.15) is 22.3 Å². The van der Waals surface area contributed by atoms with E-state index in [-0.39, 0.29) is 12.5 Å². The van der Waals surface area contributed by atoms with Gasteiger partial charge < -0.3 is 9.47 Å². The number of allylic oxidation sites excluding steroid dienone is 1. The highest BCUT2D eigenvalue weighted by atomic mass is 16.5. The van der Waals surface area contributed by atoms with Crippen molar-refractivity contribution in [3.8, 4) is 11.5 Å². The van der Waals surface area contributed by atoms with E-state index in [0.29, 0.717) is 18.8 Å². The van der Waals surface area contributed by atoms with E-state index in [0.717, 1.165) is 22.4 Å². The summed E-state index contributed by atoms with van der Waals surface area (Å²) in [6, 6.07) is 23.3. The molecule has 3 aromatic carbocycles. The van der Waals surface area contributed by atoms with Crippen molar-refractivity contribution in [3.05, 3.63) is 108 Å². The zero-order chi connectivity index (χ0) is 21.9. The lowest BCUT2D eigenvalue weighted by Crippen LogP contribution is -2.24. The number of hydrogen-bond acceptors (Lipinski definition) is 4. The Morgan fingerprint density at radius 3 is 2.48 bits per heavy atom. The summed E-state index contributed by atoms with van der Waals surface area (Å²) >= 11 is 0. The standard InChI is InChI=1S/C26H26N2O3/c1-3-6-23-7-4-5-8-25(23)31-19-26(29)28-27-17-21-13-15-24(16-14-21)30-18-22-11-9-20(2)10-12-22/h3-5,7-17H,1,6,18-19H2,2H3,(H,28,29)/b27-17+. The molecule has 0 bridgehead atoms. The molecule has 0 radical (unpaired) electrons. The van der Waals surface area contributed by atoms with Gasteiger partial charge in [-0.15, -0.1) is 6.58 Å². The van der Waals surface area contributed by atoms with E-state index >= 15 is 0 Å². The minimum atomic E-state index is -0.331. The van der Waals surface area contributed by atoms with Crippen LogP contribution in [0, 0.1) is 6.92 Å². The maximum absolute atomic E-state index is 12.0. The SMILES string of the molecule is C=CCc1ccccc1OCC(=O)N/N=C/c1ccc(OCc2ccc(C)cc2)cc1. The Morgan fingerprint density at radius 1 is 1.00 bits per heavy atom. The molecule has 0 saturated carbocycles. The number of carbonyl (C=O) groups is 1. The van der Waals surface area contributed by atoms with Crippen molar-refractivity contribution >= 4 is 12.1 Å². The van der Waals surface area contributed by atoms with Crippen molar-refractivity contribution in [3.63, 3.8) is 0 Å². The Hall–Kier alpha value is -3.86. The fourth-order valence-electron chi connectivity index (χ4n) is 2.82. The summed E-state index contributed by atoms with van der Waals surface area (Å²) in [7, 11) is 0. The number of para-hydroxylation sites is 1. The second-order valence-corrected chi connectivity index (χ2v) is 7.03. The summed E-state index contributed by atoms with van der Waals surface area (Å²) in [5.74, 6) is 1.11. The third-order valence-corrected chi connectivity index (χ3v) is 4.50. The highest BCUT2D eigenvalue weighted by molar-refractivity contribution is 5.83. The topological polar surface area (TPSA) is 59.9 Å². The molecule has 3 rings (SSSR count). The molecule has 1 amide bonds. The lowest BCUT2D eigenvalue weighted by atomic mass is 10.1. The molecular weight excluding hydrogens is 388 g/mol. The Labute approximate surface area is 183 Å². The highest BCUT2D eigenvalue weighted by Gasteiger charge is 2.05. The highest BCUT2D eigenvalue weighted by Crippen LogP contribution is 2.18. The molecular formula is C26H26N2O3. The van der Waals surface area contributed by atoms with Crippen molar-refractivity contribution in [1.82, 2.24) is 5.43 Å². The Morgan fingerprint density at radius 2 is 1.74 bits per heavy atom. The van der Waals surface area contributed by atoms with Gasteiger partial charge in [-0.3, -0.25) is 4.79 Å². The number of hydrazone groups is 1. The van der Waals surface area contributed by atoms with Crippen LogP contribution < -0.4 is 14.9 Å². The first-order chi connectivity index (χ1) is 15.1. The van der Waals surface area contributed by atoms with E-state index in [2.05, 4.69) is 48.3 Å². The summed E-state index contributed by atoms with van der Waals surface area (Å²) in [6.45, 7) is 6.19. The predicted octanol–water partition coefficient (Wildman–Crippen LogP) is 4.83. The average molecular weight is 415 g/mol. The first-order valence-electron chi connectivity index (χ1n) is 10.1. The minimum absolute atomic E-state index is 0.114. The molecule has 0 spiro atoms. The molecule has 0 aliphatic heterocycles. The third kappa shape index (κ3) is 7.16. The number of carbonyl (C=O) groups excluding carboxylic acids is 1. The maximum Gasteiger partial charge on any atom is 0.277 e. The van der Waals surface area contributed by atoms with Crippen LogP contribution in [-0.2, 0) is 17.8 Å². The van der Waals surface area contributed by atoms with Crippen LogP contribution in [0.25, 0.3) is 0 Å². The van der Waals surface area contributed by atoms with E-state index in [1.54, 1.807) is 12.3 Å². The third-order valence-electron chi connectivity index (χ3n) is 4.50. The van der Waals surface area contributed by atoms with E-state index in [4.69, 9.17) is 9.47 Å². The summed E-state index contributed by atoms with van der Waals surface area (Å²) < 4.78 is 11.4. The van der Waals surface area contributed by atoms with Crippen LogP contribution in [-0.4, -0.2) is 18.7 Å². The molecule has 0 aliphatic rings. The number of rotatable bonds is 10. The van der Waals surface area contributed by atoms with Crippen LogP contribution in [0.3, 0.4) is 0 Å². The molecule has 158 valence electrons. The number of aryl methyl sites for hydroxylation is 1. The van der Waals surface area contributed by atoms with Crippen LogP contribution in [0.5, 0.6) is 11.5 Å². The summed E-state index contributed by atoms with van der Waals surface area (Å²) in [6.07, 6.45) is 4.05. The monoisotopic (exact) mass is 414 g/mol. The largest absolute Gasteiger partial charge is 0.489 e. The zero-order valence-corrected chi connectivity index (χ0v) is 17.6. The predicted molar refractivity (Wildman–Crippen MR) is 124 cm³/mol. The van der Waals surface area contributed by atoms with Crippen molar-refractivity contribution in [2.75, 3.05) is 6.61 Å². The number of ether oxygens (including phenoxy) is 2. The number of benzene rings is 3. The fourth-order valence-corrected chi connectivity index (χ4v) is 2.82. The minimum Gasteiger partial charge on any atom is -0.489 e. The number of amides is 1. The number of hydrogen-bond donors (Lipinski definition) is 1. The quantitative estimate of drug-likeness (QED) is 0.294. The first-order valence-corrected chi connectivity index (χ1v) is 10.1. The van der Waals surface area contributed by atoms with E-state index < -0.39 is 0 Å². The van der Waals surface area contributed by atoms with E-state index in [1.807, 2.05) is 48.5 Å². The smallest absolute Gasteiger partial charge is 0.277 e. The Bertz CT molecular complexity index is 1030. The zero-order valence-electron chi connectivity index (χ0n) is 17.6. The maximum atomic E-state index is 12.0. The van der Waals surface area contributed by atoms with Gasteiger partial charge in [0.05, 0.1) is 6.21 Å². The van der Waals surface area contributed by atoms with Crippen molar-refractivity contribution in [2.24, 2.45) is 5.10 Å². The normalized spacial score (nSPS) is 10.6. The molecule has 5 nitrogen and oxygen atoms in total. The van der Waals surface area contributed by atoms with Gasteiger partial charge in [0.2, 0.25) is 0 Å². The van der Waals surface area contributed by atoms with Crippen LogP contribution in [0.4, 0.5) is 0 Å². The molecule has 31 heavy (non-hydrogen) atoms. The molecule has 0 atom stereocenters. The Balaban J connectivity index is 1.43. The summed E-state index contributed by atoms with van der Waals surface area (Å²) in [4.78, 5) is 12.0. The summed E-state index contributed by atoms with van der Waals surface area (Å²) in [5.41, 5.74) is 6.65. The van der Waals surface area contributed by atoms with Crippen LogP contribution >= 0.6 is 0 Å². The molecule has 0 aliphatic carbocycles. The lowest BCUT2D eigenvalue weighted by Gasteiger charge is -2.09. The molecule has 0 aromatic heterocycles. The molecule has 0 heterocycles. The number of nitrogens with zero attached hydrogens (tertiary/aromatic N) is 1. The van der Waals surface area contributed by atoms with Gasteiger partial charge in [0, 0.05) is 0 Å². The molecule has 0 saturated heterocycles. The van der Waals surface area contributed by atoms with Crippen molar-refractivity contribution < 1.29 is 14.3 Å². The molecule has 0 fully saturated rings. The molecule has 0 unspecified atom stereocenters. The van der Waals surface area contributed by atoms with Crippen LogP contribution in [0.15, 0.2) is 90.6 Å². The Kier molecular flexibility index (Phi) is 8.00. The fraction of sp³-hybridized carbons (Fsp3) is 0.154. The van der Waals surface area contributed by atoms with Gasteiger partial charge in [0.15, 0.2) is 6.61 Å². The lowest BCUT2D eigenvalue weighted by molar-refractivity contribution is -0.123. The van der Waals surface area contributed by atoms with Gasteiger partial charge in [0.1, 0.15) is 18.1 Å². The second kappa shape index (κ2) is 11.4. The van der Waals surface area contributed by atoms with Crippen LogP contribution in [0.2, 0.25) is 0 Å². The van der Waals surface area contributed by atoms with Crippen molar-refractivity contribution in [1.29, 1.82) is 0 Å². The van der Waals surface area contributed by atoms with E-state index in [1.165, 1.54) is 5.56 Å². The van der Waals surface area contributed by atoms with Gasteiger partial charge in [0.25, 0.3) is 5.91 Å². The van der Waals surface area contributed by atoms with Crippen molar-refractivity contribution in [2.45, 2.75) is 20.0 Å². The van der Waals surface area contributed by atoms with Gasteiger partial charge in [-0.25, -0.2) is 5.43 Å². The van der Waals surface area contributed by atoms with E-state index in [9.17, 15) is 4.79 Å². The molecule has 3 aromatic rings. The number of nitrogens with one attached hydrogen (secondary N) is 1.